The lowest BCUT2D eigenvalue weighted by molar-refractivity contribution is -0.136. The van der Waals surface area contributed by atoms with Crippen molar-refractivity contribution in [1.82, 2.24) is 16.0 Å². The molecule has 1 heterocycles. The molecule has 0 saturated carbocycles. The fourth-order valence-electron chi connectivity index (χ4n) is 0.711. The van der Waals surface area contributed by atoms with E-state index in [-0.39, 0.29) is 6.42 Å². The smallest absolute Gasteiger partial charge is 0.309 e. The third-order valence-electron chi connectivity index (χ3n) is 1.08. The molecule has 10 heavy (non-hydrogen) atoms. The van der Waals surface area contributed by atoms with Gasteiger partial charge in [0.05, 0.1) is 12.1 Å². The van der Waals surface area contributed by atoms with Crippen molar-refractivity contribution in [2.75, 3.05) is 7.05 Å². The molecule has 0 fully saturated rings. The average Bonchev–Trinajstić information content (AvgIpc) is 2.13. The first-order valence-electron chi connectivity index (χ1n) is 2.85. The van der Waals surface area contributed by atoms with Gasteiger partial charge in [0, 0.05) is 13.2 Å². The Hall–Kier alpha value is -1.23. The van der Waals surface area contributed by atoms with E-state index < -0.39 is 5.97 Å². The van der Waals surface area contributed by atoms with Crippen LogP contribution in [-0.4, -0.2) is 23.1 Å². The Kier molecular flexibility index (Phi) is 1.77. The summed E-state index contributed by atoms with van der Waals surface area (Å²) in [5.74, 6) is -0.837. The summed E-state index contributed by atoms with van der Waals surface area (Å²) in [6.45, 7) is 0. The van der Waals surface area contributed by atoms with Gasteiger partial charge in [-0.25, -0.2) is 0 Å². The Labute approximate surface area is 58.3 Å². The third-order valence-corrected chi connectivity index (χ3v) is 1.08. The van der Waals surface area contributed by atoms with Crippen LogP contribution in [0.5, 0.6) is 0 Å². The topological polar surface area (TPSA) is 64.6 Å². The van der Waals surface area contributed by atoms with Gasteiger partial charge in [0.15, 0.2) is 0 Å². The molecule has 56 valence electrons. The van der Waals surface area contributed by atoms with Crippen LogP contribution < -0.4 is 11.0 Å². The van der Waals surface area contributed by atoms with E-state index in [0.29, 0.717) is 5.70 Å². The normalized spacial score (nSPS) is 16.5. The standard InChI is InChI=1S/C5H9N3O2/c1-8-3-4(6-7-8)2-5(9)10/h3,6-7H,2H2,1H3,(H,9,10). The van der Waals surface area contributed by atoms with E-state index in [0.717, 1.165) is 0 Å². The van der Waals surface area contributed by atoms with E-state index in [4.69, 9.17) is 5.11 Å². The molecule has 0 saturated heterocycles. The van der Waals surface area contributed by atoms with Crippen LogP contribution >= 0.6 is 0 Å². The highest BCUT2D eigenvalue weighted by Gasteiger charge is 2.09. The molecular weight excluding hydrogens is 134 g/mol. The zero-order chi connectivity index (χ0) is 7.56. The van der Waals surface area contributed by atoms with E-state index in [2.05, 4.69) is 11.0 Å². The molecule has 5 heteroatoms. The summed E-state index contributed by atoms with van der Waals surface area (Å²) in [7, 11) is 1.78. The minimum absolute atomic E-state index is 0.0251. The summed E-state index contributed by atoms with van der Waals surface area (Å²) >= 11 is 0. The lowest BCUT2D eigenvalue weighted by atomic mass is 10.3. The van der Waals surface area contributed by atoms with Gasteiger partial charge in [-0.15, -0.1) is 5.53 Å². The van der Waals surface area contributed by atoms with Crippen molar-refractivity contribution in [1.29, 1.82) is 0 Å². The van der Waals surface area contributed by atoms with Gasteiger partial charge in [0.25, 0.3) is 0 Å². The first-order chi connectivity index (χ1) is 4.68. The van der Waals surface area contributed by atoms with Gasteiger partial charge in [0.2, 0.25) is 0 Å². The minimum atomic E-state index is -0.837. The molecule has 1 rings (SSSR count). The summed E-state index contributed by atoms with van der Waals surface area (Å²) in [5, 5.41) is 9.98. The third kappa shape index (κ3) is 1.63. The highest BCUT2D eigenvalue weighted by atomic mass is 16.4. The Bertz CT molecular complexity index is 178. The Balaban J connectivity index is 2.43. The molecule has 0 radical (unpaired) electrons. The van der Waals surface area contributed by atoms with Crippen molar-refractivity contribution < 1.29 is 9.90 Å². The summed E-state index contributed by atoms with van der Waals surface area (Å²) in [5.41, 5.74) is 6.06. The Morgan fingerprint density at radius 1 is 1.90 bits per heavy atom. The molecule has 5 nitrogen and oxygen atoms in total. The van der Waals surface area contributed by atoms with Crippen LogP contribution in [0.1, 0.15) is 6.42 Å². The Morgan fingerprint density at radius 2 is 2.60 bits per heavy atom. The number of rotatable bonds is 2. The quantitative estimate of drug-likeness (QED) is 0.475. The number of nitrogens with zero attached hydrogens (tertiary/aromatic N) is 1. The van der Waals surface area contributed by atoms with Crippen LogP contribution in [0.3, 0.4) is 0 Å². The second-order valence-corrected chi connectivity index (χ2v) is 2.07. The molecule has 0 bridgehead atoms. The second kappa shape index (κ2) is 2.57. The zero-order valence-electron chi connectivity index (χ0n) is 5.59. The Morgan fingerprint density at radius 3 is 3.00 bits per heavy atom. The van der Waals surface area contributed by atoms with Gasteiger partial charge in [-0.3, -0.25) is 9.80 Å². The van der Waals surface area contributed by atoms with E-state index >= 15 is 0 Å². The number of hydrogen-bond acceptors (Lipinski definition) is 4. The van der Waals surface area contributed by atoms with Crippen molar-refractivity contribution in [3.8, 4) is 0 Å². The van der Waals surface area contributed by atoms with E-state index in [1.807, 2.05) is 0 Å². The van der Waals surface area contributed by atoms with Crippen LogP contribution in [0.15, 0.2) is 11.9 Å². The number of nitrogens with one attached hydrogen (secondary N) is 2. The van der Waals surface area contributed by atoms with Crippen molar-refractivity contribution >= 4 is 5.97 Å². The van der Waals surface area contributed by atoms with E-state index in [1.165, 1.54) is 0 Å². The van der Waals surface area contributed by atoms with Gasteiger partial charge in [-0.05, 0) is 0 Å². The van der Waals surface area contributed by atoms with Crippen LogP contribution in [0, 0.1) is 0 Å². The van der Waals surface area contributed by atoms with Gasteiger partial charge in [-0.2, -0.15) is 0 Å². The molecule has 0 aromatic carbocycles. The molecule has 0 aliphatic carbocycles. The fraction of sp³-hybridized carbons (Fsp3) is 0.400. The van der Waals surface area contributed by atoms with Crippen molar-refractivity contribution in [3.63, 3.8) is 0 Å². The molecule has 0 spiro atoms. The summed E-state index contributed by atoms with van der Waals surface area (Å²) in [6.07, 6.45) is 1.71. The molecule has 0 amide bonds. The van der Waals surface area contributed by atoms with Crippen LogP contribution in [0.25, 0.3) is 0 Å². The second-order valence-electron chi connectivity index (χ2n) is 2.07. The summed E-state index contributed by atoms with van der Waals surface area (Å²) < 4.78 is 0. The first kappa shape index (κ1) is 6.88. The average molecular weight is 143 g/mol. The first-order valence-corrected chi connectivity index (χ1v) is 2.85. The van der Waals surface area contributed by atoms with Crippen LogP contribution in [0.4, 0.5) is 0 Å². The lowest BCUT2D eigenvalue weighted by Gasteiger charge is -2.04. The van der Waals surface area contributed by atoms with E-state index in [9.17, 15) is 4.79 Å². The summed E-state index contributed by atoms with van der Waals surface area (Å²) in [4.78, 5) is 10.1. The SMILES string of the molecule is CN1C=C(CC(=O)O)NN1. The molecule has 0 aromatic heterocycles. The maximum absolute atomic E-state index is 10.1. The lowest BCUT2D eigenvalue weighted by Crippen LogP contribution is -2.33. The monoisotopic (exact) mass is 143 g/mol. The maximum Gasteiger partial charge on any atom is 0.309 e. The van der Waals surface area contributed by atoms with Crippen LogP contribution in [-0.2, 0) is 4.79 Å². The summed E-state index contributed by atoms with van der Waals surface area (Å²) in [6, 6.07) is 0. The van der Waals surface area contributed by atoms with Gasteiger partial charge < -0.3 is 10.5 Å². The van der Waals surface area contributed by atoms with Gasteiger partial charge in [0.1, 0.15) is 0 Å². The van der Waals surface area contributed by atoms with E-state index in [1.54, 1.807) is 18.3 Å². The molecule has 0 aromatic rings. The number of carboxylic acid groups (broad SMARTS) is 1. The molecule has 1 aliphatic heterocycles. The fourth-order valence-corrected chi connectivity index (χ4v) is 0.711. The number of hydrazine groups is 2. The molecule has 0 unspecified atom stereocenters. The molecule has 0 atom stereocenters. The maximum atomic E-state index is 10.1. The van der Waals surface area contributed by atoms with Crippen molar-refractivity contribution in [2.24, 2.45) is 0 Å². The van der Waals surface area contributed by atoms with Crippen molar-refractivity contribution in [2.45, 2.75) is 6.42 Å². The van der Waals surface area contributed by atoms with Crippen LogP contribution in [0.2, 0.25) is 0 Å². The van der Waals surface area contributed by atoms with Crippen molar-refractivity contribution in [3.05, 3.63) is 11.9 Å². The number of carbonyl (C=O) groups is 1. The predicted molar refractivity (Wildman–Crippen MR) is 34.4 cm³/mol. The number of carboxylic acids is 1. The molecule has 1 aliphatic rings. The number of aliphatic carboxylic acids is 1. The molecular formula is C5H9N3O2. The highest BCUT2D eigenvalue weighted by molar-refractivity contribution is 5.69. The van der Waals surface area contributed by atoms with Gasteiger partial charge in [-0.1, -0.05) is 0 Å². The molecule has 3 N–H and O–H groups in total. The zero-order valence-corrected chi connectivity index (χ0v) is 5.59. The highest BCUT2D eigenvalue weighted by Crippen LogP contribution is 2.00. The number of hydrogen-bond donors (Lipinski definition) is 3. The van der Waals surface area contributed by atoms with Gasteiger partial charge >= 0.3 is 5.97 Å². The predicted octanol–water partition coefficient (Wildman–Crippen LogP) is -0.743. The minimum Gasteiger partial charge on any atom is -0.481 e. The largest absolute Gasteiger partial charge is 0.481 e.